The molecule has 376 valence electrons. The second kappa shape index (κ2) is 22.1. The van der Waals surface area contributed by atoms with Crippen LogP contribution in [0.1, 0.15) is 125 Å². The Morgan fingerprint density at radius 3 is 1.07 bits per heavy atom. The molecule has 0 bridgehead atoms. The van der Waals surface area contributed by atoms with Gasteiger partial charge in [0.25, 0.3) is 0 Å². The van der Waals surface area contributed by atoms with Crippen molar-refractivity contribution in [1.82, 2.24) is 0 Å². The molecular formula is C57H86F2O6S2. The minimum Gasteiger partial charge on any atom is -0.493 e. The van der Waals surface area contributed by atoms with Gasteiger partial charge in [-0.25, -0.2) is 28.8 Å². The first-order valence-electron chi connectivity index (χ1n) is 23.8. The van der Waals surface area contributed by atoms with Gasteiger partial charge >= 0.3 is 0 Å². The van der Waals surface area contributed by atoms with E-state index in [-0.39, 0.29) is 60.1 Å². The van der Waals surface area contributed by atoms with Crippen LogP contribution >= 0.6 is 20.1 Å². The monoisotopic (exact) mass is 969 g/mol. The molecule has 0 aromatic heterocycles. The highest BCUT2D eigenvalue weighted by atomic mass is 32.3. The number of hydrogen-bond donors (Lipinski definition) is 0. The summed E-state index contributed by atoms with van der Waals surface area (Å²) in [6.07, 6.45) is 15.9. The number of rotatable bonds is 22. The number of hydrogen-bond acceptors (Lipinski definition) is 6. The van der Waals surface area contributed by atoms with Gasteiger partial charge in [0.05, 0.1) is 13.2 Å². The Hall–Kier alpha value is -3.44. The molecule has 4 aromatic carbocycles. The fraction of sp³-hybridized carbons (Fsp3) is 0.579. The predicted octanol–water partition coefficient (Wildman–Crippen LogP) is 16.0. The zero-order valence-electron chi connectivity index (χ0n) is 45.0. The molecule has 67 heavy (non-hydrogen) atoms. The van der Waals surface area contributed by atoms with Gasteiger partial charge in [0.15, 0.2) is 13.6 Å². The molecule has 0 atom stereocenters. The minimum atomic E-state index is -1.35. The first-order chi connectivity index (χ1) is 30.8. The van der Waals surface area contributed by atoms with Crippen LogP contribution in [-0.4, -0.2) is 77.5 Å². The molecule has 6 nitrogen and oxygen atoms in total. The lowest BCUT2D eigenvalue weighted by molar-refractivity contribution is 0.0208. The van der Waals surface area contributed by atoms with E-state index < -0.39 is 20.1 Å². The highest BCUT2D eigenvalue weighted by Crippen LogP contribution is 2.58. The highest BCUT2D eigenvalue weighted by molar-refractivity contribution is 8.32. The van der Waals surface area contributed by atoms with Gasteiger partial charge < -0.3 is 28.4 Å². The molecule has 0 aliphatic carbocycles. The van der Waals surface area contributed by atoms with E-state index >= 15 is 8.78 Å². The van der Waals surface area contributed by atoms with Gasteiger partial charge in [-0.2, -0.15) is 0 Å². The van der Waals surface area contributed by atoms with Crippen LogP contribution in [0.3, 0.4) is 0 Å². The largest absolute Gasteiger partial charge is 0.493 e. The Balaban J connectivity index is 1.80. The van der Waals surface area contributed by atoms with E-state index in [9.17, 15) is 0 Å². The lowest BCUT2D eigenvalue weighted by Crippen LogP contribution is -2.25. The fourth-order valence-corrected chi connectivity index (χ4v) is 11.9. The average molecular weight is 969 g/mol. The summed E-state index contributed by atoms with van der Waals surface area (Å²) in [7, 11) is -2.69. The number of aryl methyl sites for hydroxylation is 2. The second-order valence-corrected chi connectivity index (χ2v) is 31.6. The van der Waals surface area contributed by atoms with Crippen molar-refractivity contribution >= 4 is 20.1 Å². The maximum absolute atomic E-state index is 15.7. The number of ether oxygens (including phenoxy) is 6. The van der Waals surface area contributed by atoms with E-state index in [0.717, 1.165) is 44.9 Å². The average Bonchev–Trinajstić information content (AvgIpc) is 3.16. The Morgan fingerprint density at radius 1 is 0.448 bits per heavy atom. The van der Waals surface area contributed by atoms with Crippen molar-refractivity contribution in [3.63, 3.8) is 0 Å². The van der Waals surface area contributed by atoms with Gasteiger partial charge in [-0.15, -0.1) is 0 Å². The zero-order chi connectivity index (χ0) is 50.5. The van der Waals surface area contributed by atoms with Crippen molar-refractivity contribution in [2.24, 2.45) is 10.8 Å². The molecular weight excluding hydrogens is 883 g/mol. The standard InChI is InChI=1S/C57H86F2O6S2/c1-21-60-36-64-52-44(28-40(30-48(52)66(15,16)17)56(11,12)34-54(5,6)7)46-32-42(58)26-38(3)50(46)62-24-23-25-63-51-39(4)27-43(59)33-47(51)45-29-41(57(13,14)35-55(8,9)10)31-49(67(18,19)20)53(45)65-37-61-22-2/h26-33H,21-25,34-37H2,1-20H3. The van der Waals surface area contributed by atoms with Gasteiger partial charge in [-0.3, -0.25) is 0 Å². The summed E-state index contributed by atoms with van der Waals surface area (Å²) >= 11 is 0. The molecule has 0 heterocycles. The summed E-state index contributed by atoms with van der Waals surface area (Å²) in [5.41, 5.74) is 6.26. The van der Waals surface area contributed by atoms with Crippen molar-refractivity contribution in [2.45, 2.75) is 137 Å². The lowest BCUT2D eigenvalue weighted by atomic mass is 9.72. The normalized spacial score (nSPS) is 13.5. The van der Waals surface area contributed by atoms with Crippen molar-refractivity contribution in [3.8, 4) is 45.3 Å². The molecule has 0 amide bonds. The van der Waals surface area contributed by atoms with E-state index in [4.69, 9.17) is 28.4 Å². The van der Waals surface area contributed by atoms with E-state index in [1.807, 2.05) is 27.7 Å². The molecule has 0 saturated heterocycles. The molecule has 4 rings (SSSR count). The summed E-state index contributed by atoms with van der Waals surface area (Å²) in [4.78, 5) is 2.19. The van der Waals surface area contributed by atoms with Crippen LogP contribution in [0, 0.1) is 36.3 Å². The minimum absolute atomic E-state index is 0.0706. The Labute approximate surface area is 408 Å². The first-order valence-corrected chi connectivity index (χ1v) is 29.5. The fourth-order valence-electron chi connectivity index (χ4n) is 9.47. The van der Waals surface area contributed by atoms with Gasteiger partial charge in [-0.05, 0) is 171 Å². The van der Waals surface area contributed by atoms with E-state index in [1.165, 1.54) is 12.1 Å². The second-order valence-electron chi connectivity index (χ2n) is 23.4. The molecule has 0 spiro atoms. The summed E-state index contributed by atoms with van der Waals surface area (Å²) in [5, 5.41) is 0. The summed E-state index contributed by atoms with van der Waals surface area (Å²) in [5.74, 6) is 1.85. The molecule has 10 heteroatoms. The van der Waals surface area contributed by atoms with Crippen LogP contribution in [0.4, 0.5) is 8.78 Å². The van der Waals surface area contributed by atoms with Crippen molar-refractivity contribution in [1.29, 1.82) is 0 Å². The van der Waals surface area contributed by atoms with Crippen LogP contribution < -0.4 is 18.9 Å². The molecule has 4 aromatic rings. The van der Waals surface area contributed by atoms with Crippen LogP contribution in [0.5, 0.6) is 23.0 Å². The van der Waals surface area contributed by atoms with Gasteiger partial charge in [-0.1, -0.05) is 69.2 Å². The molecule has 0 N–H and O–H groups in total. The molecule has 0 aliphatic rings. The molecule has 0 saturated carbocycles. The van der Waals surface area contributed by atoms with Crippen LogP contribution in [0.15, 0.2) is 58.3 Å². The van der Waals surface area contributed by atoms with E-state index in [2.05, 4.69) is 131 Å². The topological polar surface area (TPSA) is 55.4 Å². The van der Waals surface area contributed by atoms with Crippen molar-refractivity contribution in [3.05, 3.63) is 82.4 Å². The smallest absolute Gasteiger partial charge is 0.189 e. The molecule has 0 unspecified atom stereocenters. The van der Waals surface area contributed by atoms with Crippen LogP contribution in [0.2, 0.25) is 0 Å². The summed E-state index contributed by atoms with van der Waals surface area (Å²) < 4.78 is 69.3. The maximum atomic E-state index is 15.7. The lowest BCUT2D eigenvalue weighted by Gasteiger charge is -2.36. The molecule has 0 fully saturated rings. The predicted molar refractivity (Wildman–Crippen MR) is 284 cm³/mol. The third-order valence-corrected chi connectivity index (χ3v) is 15.0. The zero-order valence-corrected chi connectivity index (χ0v) is 46.6. The summed E-state index contributed by atoms with van der Waals surface area (Å²) in [6, 6.07) is 15.1. The SMILES string of the molecule is CCOCOc1c(-c2cc(F)cc(C)c2OCCCOc2c(C)cc(F)cc2-c2cc(C(C)(C)CC(C)(C)C)cc(S(C)(C)C)c2OCOCC)cc(C(C)(C)CC(C)(C)C)cc1S(C)(C)C. The van der Waals surface area contributed by atoms with Gasteiger partial charge in [0, 0.05) is 51.7 Å². The Kier molecular flexibility index (Phi) is 18.5. The number of halogens is 2. The van der Waals surface area contributed by atoms with E-state index in [0.29, 0.717) is 64.9 Å². The maximum Gasteiger partial charge on any atom is 0.189 e. The highest BCUT2D eigenvalue weighted by Gasteiger charge is 2.34. The first kappa shape index (κ1) is 56.2. The van der Waals surface area contributed by atoms with Crippen molar-refractivity contribution < 1.29 is 37.2 Å². The molecule has 0 radical (unpaired) electrons. The number of benzene rings is 4. The third kappa shape index (κ3) is 15.3. The van der Waals surface area contributed by atoms with Gasteiger partial charge in [0.1, 0.15) is 34.6 Å². The van der Waals surface area contributed by atoms with Crippen LogP contribution in [-0.2, 0) is 20.3 Å². The van der Waals surface area contributed by atoms with Crippen LogP contribution in [0.25, 0.3) is 22.3 Å². The van der Waals surface area contributed by atoms with Gasteiger partial charge in [0.2, 0.25) is 0 Å². The quantitative estimate of drug-likeness (QED) is 0.0578. The Bertz CT molecular complexity index is 2150. The third-order valence-electron chi connectivity index (χ3n) is 11.8. The van der Waals surface area contributed by atoms with E-state index in [1.54, 1.807) is 12.1 Å². The molecule has 0 aliphatic heterocycles. The Morgan fingerprint density at radius 2 is 0.776 bits per heavy atom. The summed E-state index contributed by atoms with van der Waals surface area (Å²) in [6.45, 7) is 32.1. The van der Waals surface area contributed by atoms with Crippen molar-refractivity contribution in [2.75, 3.05) is 77.5 Å².